The highest BCUT2D eigenvalue weighted by Crippen LogP contribution is 1.33. The molecule has 0 aromatic heterocycles. The average molecular weight is 96.2 g/mol. The monoisotopic (exact) mass is 96.0 g/mol. The molecule has 1 nitrogen and oxygen atoms in total. The largest absolute Gasteiger partial charge is 0.260 e. The number of rotatable bonds is 0. The Hall–Kier alpha value is 0.370. The third kappa shape index (κ3) is 32.5. The van der Waals surface area contributed by atoms with Gasteiger partial charge in [0.1, 0.15) is 0 Å². The van der Waals surface area contributed by atoms with Gasteiger partial charge in [-0.25, -0.2) is 0 Å². The molecule has 0 saturated carbocycles. The first-order valence-electron chi connectivity index (χ1n) is 0.812. The van der Waals surface area contributed by atoms with Crippen molar-refractivity contribution in [1.29, 1.82) is 0 Å². The Kier molecular flexibility index (Phi) is 1.82. The van der Waals surface area contributed by atoms with Gasteiger partial charge in [0.05, 0.1) is 0 Å². The first kappa shape index (κ1) is 4.37. The van der Waals surface area contributed by atoms with Crippen LogP contribution < -0.4 is 0 Å². The molecule has 0 heterocycles. The molecule has 26 valence electrons. The quantitative estimate of drug-likeness (QED) is 0.412. The lowest BCUT2D eigenvalue weighted by molar-refractivity contribution is 0.696. The molecule has 1 atom stereocenters. The van der Waals surface area contributed by atoms with E-state index in [0.29, 0.717) is 0 Å². The van der Waals surface area contributed by atoms with Gasteiger partial charge < -0.3 is 0 Å². The molecular formula is CH4OS2. The minimum absolute atomic E-state index is 1.29. The Labute approximate surface area is 31.7 Å². The molecule has 0 N–H and O–H groups in total. The van der Waals surface area contributed by atoms with Crippen molar-refractivity contribution >= 4 is 20.5 Å². The summed E-state index contributed by atoms with van der Waals surface area (Å²) in [5.41, 5.74) is 0. The zero-order valence-electron chi connectivity index (χ0n) is 2.26. The first-order valence-corrected chi connectivity index (χ1v) is 3.53. The third-order valence-electron chi connectivity index (χ3n) is 0. The van der Waals surface area contributed by atoms with E-state index in [4.69, 9.17) is 0 Å². The van der Waals surface area contributed by atoms with E-state index in [1.807, 2.05) is 0 Å². The minimum atomic E-state index is -1.29. The topological polar surface area (TPSA) is 17.1 Å². The van der Waals surface area contributed by atoms with E-state index >= 15 is 0 Å². The summed E-state index contributed by atoms with van der Waals surface area (Å²) < 4.78 is 9.41. The van der Waals surface area contributed by atoms with Crippen molar-refractivity contribution in [2.24, 2.45) is 0 Å². The standard InChI is InChI=1S/CH4OS2/c1-4(2)3/h4H,1H3. The van der Waals surface area contributed by atoms with Crippen LogP contribution >= 0.6 is 0 Å². The van der Waals surface area contributed by atoms with Gasteiger partial charge in [0.2, 0.25) is 0 Å². The van der Waals surface area contributed by atoms with Crippen LogP contribution in [0.4, 0.5) is 0 Å². The van der Waals surface area contributed by atoms with Gasteiger partial charge in [-0.15, -0.1) is 0 Å². The van der Waals surface area contributed by atoms with Crippen LogP contribution in [0.1, 0.15) is 0 Å². The predicted octanol–water partition coefficient (Wildman–Crippen LogP) is -0.441. The number of thiol groups is 1. The molecule has 0 aliphatic carbocycles. The molecule has 0 saturated heterocycles. The van der Waals surface area contributed by atoms with Gasteiger partial charge in [0, 0.05) is 15.6 Å². The van der Waals surface area contributed by atoms with Crippen LogP contribution in [0, 0.1) is 0 Å². The summed E-state index contributed by atoms with van der Waals surface area (Å²) in [6.45, 7) is 0. The molecule has 0 aromatic rings. The van der Waals surface area contributed by atoms with Crippen molar-refractivity contribution in [3.8, 4) is 0 Å². The molecule has 0 spiro atoms. The molecule has 4 heavy (non-hydrogen) atoms. The van der Waals surface area contributed by atoms with Crippen LogP contribution in [0.5, 0.6) is 0 Å². The van der Waals surface area contributed by atoms with E-state index in [0.717, 1.165) is 0 Å². The van der Waals surface area contributed by atoms with Crippen LogP contribution in [0.2, 0.25) is 0 Å². The fraction of sp³-hybridized carbons (Fsp3) is 1.00. The predicted molar refractivity (Wildman–Crippen MR) is 22.8 cm³/mol. The maximum Gasteiger partial charge on any atom is 0.0172 e. The second kappa shape index (κ2) is 1.67. The smallest absolute Gasteiger partial charge is 0.0172 e. The molecule has 0 aliphatic heterocycles. The van der Waals surface area contributed by atoms with Crippen molar-refractivity contribution < 1.29 is 4.21 Å². The zero-order valence-corrected chi connectivity index (χ0v) is 3.97. The molecule has 1 unspecified atom stereocenters. The van der Waals surface area contributed by atoms with E-state index in [1.54, 1.807) is 0 Å². The van der Waals surface area contributed by atoms with E-state index in [-0.39, 0.29) is 0 Å². The Morgan fingerprint density at radius 1 is 2.00 bits per heavy atom. The summed E-state index contributed by atoms with van der Waals surface area (Å²) in [4.78, 5) is 0. The van der Waals surface area contributed by atoms with Crippen LogP contribution in [-0.2, 0) is 20.5 Å². The molecule has 0 amide bonds. The molecule has 0 aromatic carbocycles. The van der Waals surface area contributed by atoms with Gasteiger partial charge in [0.15, 0.2) is 0 Å². The van der Waals surface area contributed by atoms with E-state index in [9.17, 15) is 4.21 Å². The van der Waals surface area contributed by atoms with Crippen LogP contribution in [0.25, 0.3) is 0 Å². The second-order valence-corrected chi connectivity index (χ2v) is 2.86. The molecule has 3 heteroatoms. The molecule has 0 rings (SSSR count). The van der Waals surface area contributed by atoms with Gasteiger partial charge in [-0.05, 0) is 11.2 Å². The summed E-state index contributed by atoms with van der Waals surface area (Å²) in [5.74, 6) is 0. The Bertz CT molecular complexity index is 54.4. The Morgan fingerprint density at radius 3 is 2.00 bits per heavy atom. The lowest BCUT2D eigenvalue weighted by Gasteiger charge is -1.44. The highest BCUT2D eigenvalue weighted by Gasteiger charge is 1.40. The van der Waals surface area contributed by atoms with Gasteiger partial charge >= 0.3 is 0 Å². The number of hydrogen-bond donors (Lipinski definition) is 1. The fourth-order valence-electron chi connectivity index (χ4n) is 0. The van der Waals surface area contributed by atoms with Gasteiger partial charge in [-0.1, -0.05) is 0 Å². The summed E-state index contributed by atoms with van der Waals surface area (Å²) >= 11 is 4.13. The third-order valence-corrected chi connectivity index (χ3v) is 0. The molecule has 0 radical (unpaired) electrons. The summed E-state index contributed by atoms with van der Waals surface area (Å²) in [6.07, 6.45) is 1.49. The maximum absolute atomic E-state index is 9.41. The normalized spacial score (nSPS) is 15.2. The molecule has 0 bridgehead atoms. The van der Waals surface area contributed by atoms with Crippen LogP contribution in [0.15, 0.2) is 0 Å². The highest BCUT2D eigenvalue weighted by molar-refractivity contribution is 8.21. The zero-order chi connectivity index (χ0) is 3.58. The second-order valence-electron chi connectivity index (χ2n) is 0.440. The van der Waals surface area contributed by atoms with Crippen molar-refractivity contribution in [2.75, 3.05) is 6.26 Å². The molecular weight excluding hydrogens is 92.1 g/mol. The van der Waals surface area contributed by atoms with E-state index in [1.165, 1.54) is 6.26 Å². The lowest BCUT2D eigenvalue weighted by atomic mass is 12.0. The number of hydrogen-bond acceptors (Lipinski definition) is 2. The molecule has 0 fully saturated rings. The van der Waals surface area contributed by atoms with Crippen molar-refractivity contribution in [2.45, 2.75) is 0 Å². The summed E-state index contributed by atoms with van der Waals surface area (Å²) in [5, 5.41) is 0. The first-order chi connectivity index (χ1) is 1.73. The van der Waals surface area contributed by atoms with E-state index < -0.39 is 9.36 Å². The Morgan fingerprint density at radius 2 is 2.00 bits per heavy atom. The average Bonchev–Trinajstić information content (AvgIpc) is 0.811. The lowest BCUT2D eigenvalue weighted by Crippen LogP contribution is -1.52. The Balaban J connectivity index is 3.51. The highest BCUT2D eigenvalue weighted by atomic mass is 32.8. The van der Waals surface area contributed by atoms with Gasteiger partial charge in [-0.2, -0.15) is 0 Å². The SMILES string of the molecule is C[SH](=O)=S. The van der Waals surface area contributed by atoms with Crippen LogP contribution in [-0.4, -0.2) is 10.5 Å². The van der Waals surface area contributed by atoms with E-state index in [2.05, 4.69) is 11.2 Å². The van der Waals surface area contributed by atoms with Crippen molar-refractivity contribution in [3.05, 3.63) is 0 Å². The molecule has 0 aliphatic rings. The van der Waals surface area contributed by atoms with Gasteiger partial charge in [0.25, 0.3) is 0 Å². The maximum atomic E-state index is 9.41. The van der Waals surface area contributed by atoms with Crippen molar-refractivity contribution in [3.63, 3.8) is 0 Å². The summed E-state index contributed by atoms with van der Waals surface area (Å²) in [7, 11) is -1.29. The van der Waals surface area contributed by atoms with Crippen LogP contribution in [0.3, 0.4) is 0 Å². The van der Waals surface area contributed by atoms with Crippen molar-refractivity contribution in [1.82, 2.24) is 0 Å². The summed E-state index contributed by atoms with van der Waals surface area (Å²) in [6, 6.07) is 0. The minimum Gasteiger partial charge on any atom is -0.260 e. The van der Waals surface area contributed by atoms with Gasteiger partial charge in [-0.3, -0.25) is 4.21 Å². The fourth-order valence-corrected chi connectivity index (χ4v) is 0.